The average Bonchev–Trinajstić information content (AvgIpc) is 2.11. The topological polar surface area (TPSA) is 54.4 Å². The van der Waals surface area contributed by atoms with E-state index < -0.39 is 20.7 Å². The Morgan fingerprint density at radius 2 is 1.60 bits per heavy atom. The fourth-order valence-electron chi connectivity index (χ4n) is 1.47. The third-order valence-electron chi connectivity index (χ3n) is 3.47. The minimum atomic E-state index is -3.21. The standard InChI is InChI=1S/C11H24O3S/c1-6-9(7-2)8-10(12)11(3,4)15(5,13)14/h9-10,12H,6-8H2,1-5H3. The zero-order valence-corrected chi connectivity index (χ0v) is 11.3. The molecule has 3 nitrogen and oxygen atoms in total. The van der Waals surface area contributed by atoms with Crippen LogP contribution < -0.4 is 0 Å². The SMILES string of the molecule is CCC(CC)CC(O)C(C)(C)S(C)(=O)=O. The van der Waals surface area contributed by atoms with Crippen LogP contribution in [0.5, 0.6) is 0 Å². The van der Waals surface area contributed by atoms with Gasteiger partial charge in [-0.25, -0.2) is 8.42 Å². The zero-order chi connectivity index (χ0) is 12.3. The van der Waals surface area contributed by atoms with Crippen molar-refractivity contribution in [2.45, 2.75) is 57.8 Å². The van der Waals surface area contributed by atoms with Crippen molar-refractivity contribution >= 4 is 9.84 Å². The van der Waals surface area contributed by atoms with E-state index in [4.69, 9.17) is 0 Å². The van der Waals surface area contributed by atoms with Gasteiger partial charge in [0.1, 0.15) is 0 Å². The van der Waals surface area contributed by atoms with Crippen LogP contribution in [0, 0.1) is 5.92 Å². The van der Waals surface area contributed by atoms with Crippen molar-refractivity contribution in [2.24, 2.45) is 5.92 Å². The molecule has 0 bridgehead atoms. The molecule has 4 heteroatoms. The van der Waals surface area contributed by atoms with Crippen molar-refractivity contribution in [2.75, 3.05) is 6.26 Å². The van der Waals surface area contributed by atoms with E-state index in [0.717, 1.165) is 12.8 Å². The lowest BCUT2D eigenvalue weighted by Crippen LogP contribution is -2.44. The molecule has 0 aromatic carbocycles. The Bertz CT molecular complexity index is 276. The third-order valence-corrected chi connectivity index (χ3v) is 5.65. The van der Waals surface area contributed by atoms with Crippen LogP contribution in [0.3, 0.4) is 0 Å². The molecule has 0 saturated carbocycles. The number of sulfone groups is 1. The average molecular weight is 236 g/mol. The Balaban J connectivity index is 4.64. The van der Waals surface area contributed by atoms with Crippen molar-refractivity contribution in [3.05, 3.63) is 0 Å². The van der Waals surface area contributed by atoms with E-state index in [1.165, 1.54) is 6.26 Å². The highest BCUT2D eigenvalue weighted by Gasteiger charge is 2.38. The zero-order valence-electron chi connectivity index (χ0n) is 10.4. The van der Waals surface area contributed by atoms with Gasteiger partial charge in [0.2, 0.25) is 0 Å². The van der Waals surface area contributed by atoms with Crippen LogP contribution in [0.2, 0.25) is 0 Å². The third kappa shape index (κ3) is 3.76. The summed E-state index contributed by atoms with van der Waals surface area (Å²) >= 11 is 0. The first-order valence-electron chi connectivity index (χ1n) is 5.54. The van der Waals surface area contributed by atoms with E-state index in [-0.39, 0.29) is 0 Å². The first-order valence-corrected chi connectivity index (χ1v) is 7.43. The molecular weight excluding hydrogens is 212 g/mol. The van der Waals surface area contributed by atoms with Crippen LogP contribution in [0.1, 0.15) is 47.0 Å². The van der Waals surface area contributed by atoms with Crippen LogP contribution >= 0.6 is 0 Å². The number of rotatable bonds is 6. The highest BCUT2D eigenvalue weighted by Crippen LogP contribution is 2.27. The van der Waals surface area contributed by atoms with Gasteiger partial charge in [-0.05, 0) is 26.2 Å². The predicted molar refractivity (Wildman–Crippen MR) is 63.6 cm³/mol. The summed E-state index contributed by atoms with van der Waals surface area (Å²) in [5.74, 6) is 0.404. The summed E-state index contributed by atoms with van der Waals surface area (Å²) < 4.78 is 21.9. The van der Waals surface area contributed by atoms with Crippen LogP contribution in [0.25, 0.3) is 0 Å². The Kier molecular flexibility index (Phi) is 5.27. The van der Waals surface area contributed by atoms with Gasteiger partial charge in [0.15, 0.2) is 9.84 Å². The maximum atomic E-state index is 11.5. The second kappa shape index (κ2) is 5.30. The maximum Gasteiger partial charge on any atom is 0.155 e. The summed E-state index contributed by atoms with van der Waals surface area (Å²) in [6, 6.07) is 0. The van der Waals surface area contributed by atoms with Gasteiger partial charge in [0, 0.05) is 6.26 Å². The molecule has 1 N–H and O–H groups in total. The predicted octanol–water partition coefficient (Wildman–Crippen LogP) is 2.00. The van der Waals surface area contributed by atoms with Gasteiger partial charge in [0.25, 0.3) is 0 Å². The second-order valence-corrected chi connectivity index (χ2v) is 7.41. The summed E-state index contributed by atoms with van der Waals surface area (Å²) in [6.45, 7) is 7.31. The van der Waals surface area contributed by atoms with E-state index in [9.17, 15) is 13.5 Å². The highest BCUT2D eigenvalue weighted by atomic mass is 32.2. The summed E-state index contributed by atoms with van der Waals surface area (Å²) in [5, 5.41) is 9.97. The Morgan fingerprint density at radius 3 is 1.87 bits per heavy atom. The Morgan fingerprint density at radius 1 is 1.20 bits per heavy atom. The van der Waals surface area contributed by atoms with E-state index in [2.05, 4.69) is 13.8 Å². The normalized spacial score (nSPS) is 15.7. The fraction of sp³-hybridized carbons (Fsp3) is 1.00. The molecule has 0 spiro atoms. The van der Waals surface area contributed by atoms with Gasteiger partial charge in [-0.2, -0.15) is 0 Å². The lowest BCUT2D eigenvalue weighted by atomic mass is 9.91. The number of aliphatic hydroxyl groups is 1. The molecule has 0 aliphatic rings. The first kappa shape index (κ1) is 14.9. The van der Waals surface area contributed by atoms with Crippen molar-refractivity contribution in [3.8, 4) is 0 Å². The Hall–Kier alpha value is -0.0900. The summed E-state index contributed by atoms with van der Waals surface area (Å²) in [7, 11) is -3.21. The van der Waals surface area contributed by atoms with Crippen molar-refractivity contribution in [3.63, 3.8) is 0 Å². The van der Waals surface area contributed by atoms with Gasteiger partial charge in [-0.15, -0.1) is 0 Å². The molecule has 1 atom stereocenters. The second-order valence-electron chi connectivity index (χ2n) is 4.81. The lowest BCUT2D eigenvalue weighted by molar-refractivity contribution is 0.107. The molecule has 15 heavy (non-hydrogen) atoms. The Labute approximate surface area is 93.8 Å². The van der Waals surface area contributed by atoms with Crippen LogP contribution in [0.15, 0.2) is 0 Å². The molecule has 0 aromatic heterocycles. The molecule has 0 radical (unpaired) electrons. The van der Waals surface area contributed by atoms with Gasteiger partial charge < -0.3 is 5.11 Å². The molecular formula is C11H24O3S. The minimum absolute atomic E-state index is 0.404. The van der Waals surface area contributed by atoms with Crippen molar-refractivity contribution < 1.29 is 13.5 Å². The lowest BCUT2D eigenvalue weighted by Gasteiger charge is -2.30. The van der Waals surface area contributed by atoms with Gasteiger partial charge >= 0.3 is 0 Å². The number of hydrogen-bond acceptors (Lipinski definition) is 3. The van der Waals surface area contributed by atoms with Gasteiger partial charge in [0.05, 0.1) is 10.9 Å². The monoisotopic (exact) mass is 236 g/mol. The molecule has 0 saturated heterocycles. The minimum Gasteiger partial charge on any atom is -0.391 e. The van der Waals surface area contributed by atoms with E-state index in [1.807, 2.05) is 0 Å². The highest BCUT2D eigenvalue weighted by molar-refractivity contribution is 7.92. The smallest absolute Gasteiger partial charge is 0.155 e. The van der Waals surface area contributed by atoms with E-state index in [0.29, 0.717) is 12.3 Å². The number of hydrogen-bond donors (Lipinski definition) is 1. The summed E-state index contributed by atoms with van der Waals surface area (Å²) in [4.78, 5) is 0. The van der Waals surface area contributed by atoms with E-state index in [1.54, 1.807) is 13.8 Å². The largest absolute Gasteiger partial charge is 0.391 e. The van der Waals surface area contributed by atoms with E-state index >= 15 is 0 Å². The van der Waals surface area contributed by atoms with Crippen LogP contribution in [0.4, 0.5) is 0 Å². The molecule has 0 amide bonds. The molecule has 0 aliphatic carbocycles. The quantitative estimate of drug-likeness (QED) is 0.767. The molecule has 0 heterocycles. The molecule has 1 unspecified atom stereocenters. The molecule has 92 valence electrons. The van der Waals surface area contributed by atoms with Crippen molar-refractivity contribution in [1.29, 1.82) is 0 Å². The van der Waals surface area contributed by atoms with Crippen LogP contribution in [-0.4, -0.2) is 30.6 Å². The first-order chi connectivity index (χ1) is 6.66. The van der Waals surface area contributed by atoms with Crippen molar-refractivity contribution in [1.82, 2.24) is 0 Å². The molecule has 0 fully saturated rings. The molecule has 0 rings (SSSR count). The summed E-state index contributed by atoms with van der Waals surface area (Å²) in [6.07, 6.45) is 2.93. The number of aliphatic hydroxyl groups excluding tert-OH is 1. The molecule has 0 aliphatic heterocycles. The van der Waals surface area contributed by atoms with Gasteiger partial charge in [-0.3, -0.25) is 0 Å². The summed E-state index contributed by atoms with van der Waals surface area (Å²) in [5.41, 5.74) is 0. The maximum absolute atomic E-state index is 11.5. The van der Waals surface area contributed by atoms with Crippen LogP contribution in [-0.2, 0) is 9.84 Å². The van der Waals surface area contributed by atoms with Gasteiger partial charge in [-0.1, -0.05) is 26.7 Å². The fourth-order valence-corrected chi connectivity index (χ4v) is 2.06. The molecule has 0 aromatic rings.